The molecule has 1 aromatic rings. The number of rotatable bonds is 5. The first kappa shape index (κ1) is 18.4. The molecular formula is C20H26N2O4. The van der Waals surface area contributed by atoms with E-state index in [4.69, 9.17) is 5.11 Å². The molecule has 2 atom stereocenters. The number of hydrogen-bond acceptors (Lipinski definition) is 3. The zero-order valence-corrected chi connectivity index (χ0v) is 15.1. The van der Waals surface area contributed by atoms with Gasteiger partial charge in [-0.25, -0.2) is 0 Å². The monoisotopic (exact) mass is 358 g/mol. The molecule has 6 nitrogen and oxygen atoms in total. The lowest BCUT2D eigenvalue weighted by atomic mass is 9.92. The van der Waals surface area contributed by atoms with Gasteiger partial charge in [0, 0.05) is 32.5 Å². The highest BCUT2D eigenvalue weighted by atomic mass is 16.4. The Balaban J connectivity index is 1.57. The number of piperidine rings is 1. The summed E-state index contributed by atoms with van der Waals surface area (Å²) >= 11 is 0. The van der Waals surface area contributed by atoms with Gasteiger partial charge in [0.05, 0.1) is 12.0 Å². The smallest absolute Gasteiger partial charge is 0.303 e. The normalized spacial score (nSPS) is 22.5. The molecule has 6 heteroatoms. The van der Waals surface area contributed by atoms with Crippen molar-refractivity contribution in [2.45, 2.75) is 38.6 Å². The van der Waals surface area contributed by atoms with Crippen LogP contribution in [0.5, 0.6) is 0 Å². The Morgan fingerprint density at radius 2 is 1.85 bits per heavy atom. The maximum atomic E-state index is 12.8. The molecular weight excluding hydrogens is 332 g/mol. The van der Waals surface area contributed by atoms with E-state index in [1.807, 2.05) is 42.2 Å². The van der Waals surface area contributed by atoms with Gasteiger partial charge in [0.2, 0.25) is 11.8 Å². The quantitative estimate of drug-likeness (QED) is 0.876. The van der Waals surface area contributed by atoms with E-state index in [9.17, 15) is 14.4 Å². The van der Waals surface area contributed by atoms with Gasteiger partial charge < -0.3 is 14.9 Å². The van der Waals surface area contributed by atoms with Gasteiger partial charge in [-0.15, -0.1) is 0 Å². The predicted octanol–water partition coefficient (Wildman–Crippen LogP) is 2.31. The Labute approximate surface area is 153 Å². The lowest BCUT2D eigenvalue weighted by molar-refractivity contribution is -0.139. The zero-order valence-electron chi connectivity index (χ0n) is 15.1. The molecule has 1 N–H and O–H groups in total. The van der Waals surface area contributed by atoms with Gasteiger partial charge in [0.1, 0.15) is 0 Å². The minimum Gasteiger partial charge on any atom is -0.481 e. The summed E-state index contributed by atoms with van der Waals surface area (Å²) in [5, 5.41) is 8.89. The van der Waals surface area contributed by atoms with Crippen LogP contribution in [0.4, 0.5) is 0 Å². The number of carboxylic acids is 1. The maximum absolute atomic E-state index is 12.8. The number of carboxylic acid groups (broad SMARTS) is 1. The second-order valence-corrected chi connectivity index (χ2v) is 7.40. The Morgan fingerprint density at radius 3 is 2.46 bits per heavy atom. The fourth-order valence-electron chi connectivity index (χ4n) is 4.05. The standard InChI is InChI=1S/C20H26N2O4/c1-14(16-5-3-2-4-6-16)22-13-17(12-18(22)23)20(26)21-9-7-15(8-10-21)11-19(24)25/h2-6,14-15,17H,7-13H2,1H3,(H,24,25). The van der Waals surface area contributed by atoms with Gasteiger partial charge in [-0.05, 0) is 31.2 Å². The van der Waals surface area contributed by atoms with Crippen molar-refractivity contribution in [2.24, 2.45) is 11.8 Å². The second-order valence-electron chi connectivity index (χ2n) is 7.40. The first-order chi connectivity index (χ1) is 12.5. The van der Waals surface area contributed by atoms with E-state index in [1.54, 1.807) is 4.90 Å². The average Bonchev–Trinajstić information content (AvgIpc) is 3.03. The van der Waals surface area contributed by atoms with Gasteiger partial charge in [-0.1, -0.05) is 30.3 Å². The molecule has 2 fully saturated rings. The molecule has 0 radical (unpaired) electrons. The summed E-state index contributed by atoms with van der Waals surface area (Å²) in [5.74, 6) is -0.849. The fourth-order valence-corrected chi connectivity index (χ4v) is 4.05. The van der Waals surface area contributed by atoms with Crippen molar-refractivity contribution < 1.29 is 19.5 Å². The molecule has 0 bridgehead atoms. The number of aliphatic carboxylic acids is 1. The number of amides is 2. The van der Waals surface area contributed by atoms with Crippen LogP contribution in [0.2, 0.25) is 0 Å². The second kappa shape index (κ2) is 7.89. The Morgan fingerprint density at radius 1 is 1.19 bits per heavy atom. The van der Waals surface area contributed by atoms with Crippen molar-refractivity contribution in [1.29, 1.82) is 0 Å². The molecule has 2 saturated heterocycles. The minimum atomic E-state index is -0.776. The van der Waals surface area contributed by atoms with Gasteiger partial charge in [0.25, 0.3) is 0 Å². The third kappa shape index (κ3) is 4.06. The molecule has 0 aromatic heterocycles. The lowest BCUT2D eigenvalue weighted by Gasteiger charge is -2.33. The molecule has 2 aliphatic heterocycles. The highest BCUT2D eigenvalue weighted by molar-refractivity contribution is 5.89. The highest BCUT2D eigenvalue weighted by Gasteiger charge is 2.39. The molecule has 26 heavy (non-hydrogen) atoms. The summed E-state index contributed by atoms with van der Waals surface area (Å²) in [7, 11) is 0. The van der Waals surface area contributed by atoms with Crippen LogP contribution in [0.3, 0.4) is 0 Å². The molecule has 3 rings (SSSR count). The Bertz CT molecular complexity index is 668. The predicted molar refractivity (Wildman–Crippen MR) is 96.2 cm³/mol. The molecule has 0 aliphatic carbocycles. The topological polar surface area (TPSA) is 77.9 Å². The van der Waals surface area contributed by atoms with Crippen LogP contribution < -0.4 is 0 Å². The first-order valence-corrected chi connectivity index (χ1v) is 9.30. The third-order valence-electron chi connectivity index (χ3n) is 5.65. The summed E-state index contributed by atoms with van der Waals surface area (Å²) in [6.07, 6.45) is 1.89. The van der Waals surface area contributed by atoms with Crippen LogP contribution in [0.25, 0.3) is 0 Å². The Hall–Kier alpha value is -2.37. The van der Waals surface area contributed by atoms with E-state index < -0.39 is 5.97 Å². The maximum Gasteiger partial charge on any atom is 0.303 e. The van der Waals surface area contributed by atoms with E-state index in [1.165, 1.54) is 0 Å². The van der Waals surface area contributed by atoms with Crippen molar-refractivity contribution in [2.75, 3.05) is 19.6 Å². The number of likely N-dealkylation sites (tertiary alicyclic amines) is 2. The fraction of sp³-hybridized carbons (Fsp3) is 0.550. The van der Waals surface area contributed by atoms with E-state index in [0.29, 0.717) is 19.6 Å². The van der Waals surface area contributed by atoms with Crippen molar-refractivity contribution in [1.82, 2.24) is 9.80 Å². The van der Waals surface area contributed by atoms with Gasteiger partial charge in [0.15, 0.2) is 0 Å². The largest absolute Gasteiger partial charge is 0.481 e. The highest BCUT2D eigenvalue weighted by Crippen LogP contribution is 2.30. The summed E-state index contributed by atoms with van der Waals surface area (Å²) in [4.78, 5) is 39.7. The molecule has 2 heterocycles. The van der Waals surface area contributed by atoms with Crippen LogP contribution in [-0.2, 0) is 14.4 Å². The van der Waals surface area contributed by atoms with E-state index in [2.05, 4.69) is 0 Å². The summed E-state index contributed by atoms with van der Waals surface area (Å²) in [6.45, 7) is 3.64. The van der Waals surface area contributed by atoms with Crippen LogP contribution in [0.1, 0.15) is 44.2 Å². The number of hydrogen-bond donors (Lipinski definition) is 1. The first-order valence-electron chi connectivity index (χ1n) is 9.30. The molecule has 140 valence electrons. The van der Waals surface area contributed by atoms with Gasteiger partial charge >= 0.3 is 5.97 Å². The van der Waals surface area contributed by atoms with Gasteiger partial charge in [-0.3, -0.25) is 14.4 Å². The van der Waals surface area contributed by atoms with Crippen molar-refractivity contribution >= 4 is 17.8 Å². The minimum absolute atomic E-state index is 0.0282. The number of nitrogens with zero attached hydrogens (tertiary/aromatic N) is 2. The lowest BCUT2D eigenvalue weighted by Crippen LogP contribution is -2.42. The van der Waals surface area contributed by atoms with Crippen molar-refractivity contribution in [3.05, 3.63) is 35.9 Å². The SMILES string of the molecule is CC(c1ccccc1)N1CC(C(=O)N2CCC(CC(=O)O)CC2)CC1=O. The number of carbonyl (C=O) groups is 3. The van der Waals surface area contributed by atoms with Crippen LogP contribution in [0, 0.1) is 11.8 Å². The van der Waals surface area contributed by atoms with Crippen LogP contribution >= 0.6 is 0 Å². The molecule has 0 saturated carbocycles. The molecule has 0 spiro atoms. The summed E-state index contributed by atoms with van der Waals surface area (Å²) in [5.41, 5.74) is 1.07. The molecule has 2 amide bonds. The molecule has 2 aliphatic rings. The van der Waals surface area contributed by atoms with E-state index in [0.717, 1.165) is 18.4 Å². The molecule has 2 unspecified atom stereocenters. The number of benzene rings is 1. The van der Waals surface area contributed by atoms with Gasteiger partial charge in [-0.2, -0.15) is 0 Å². The third-order valence-corrected chi connectivity index (χ3v) is 5.65. The summed E-state index contributed by atoms with van der Waals surface area (Å²) < 4.78 is 0. The van der Waals surface area contributed by atoms with Crippen LogP contribution in [0.15, 0.2) is 30.3 Å². The number of carbonyl (C=O) groups excluding carboxylic acids is 2. The molecule has 1 aromatic carbocycles. The average molecular weight is 358 g/mol. The van der Waals surface area contributed by atoms with E-state index >= 15 is 0 Å². The zero-order chi connectivity index (χ0) is 18.7. The van der Waals surface area contributed by atoms with Crippen molar-refractivity contribution in [3.8, 4) is 0 Å². The Kier molecular flexibility index (Phi) is 5.59. The van der Waals surface area contributed by atoms with Crippen LogP contribution in [-0.4, -0.2) is 52.3 Å². The summed E-state index contributed by atoms with van der Waals surface area (Å²) in [6, 6.07) is 9.82. The van der Waals surface area contributed by atoms with E-state index in [-0.39, 0.29) is 42.5 Å². The van der Waals surface area contributed by atoms with Crippen molar-refractivity contribution in [3.63, 3.8) is 0 Å².